The SMILES string of the molecule is CC[C@H]1OC(=O)[C@H](C)[C@H]2OCC3COC(C)(C[C@@H](C)C(=O)[C@H](C)[C@@H]4N(C/C3=C/C(=O)Nc3ccccc3)C(=O)OC41C)[C@H](O[C@@H]1O[C@H](C)C[C@H](N(C)C)[C@H]1O)[C@H]2C. The summed E-state index contributed by atoms with van der Waals surface area (Å²) >= 11 is 0. The van der Waals surface area contributed by atoms with Gasteiger partial charge in [0.05, 0.1) is 49.1 Å². The van der Waals surface area contributed by atoms with Crippen LogP contribution in [0.5, 0.6) is 0 Å². The first-order valence-electron chi connectivity index (χ1n) is 20.6. The van der Waals surface area contributed by atoms with E-state index in [0.717, 1.165) is 0 Å². The summed E-state index contributed by atoms with van der Waals surface area (Å²) in [7, 11) is 3.81. The molecule has 0 spiro atoms. The summed E-state index contributed by atoms with van der Waals surface area (Å²) in [6, 6.07) is 7.94. The number of nitrogens with zero attached hydrogens (tertiary/aromatic N) is 2. The van der Waals surface area contributed by atoms with Gasteiger partial charge in [-0.3, -0.25) is 19.3 Å². The molecule has 6 rings (SSSR count). The van der Waals surface area contributed by atoms with Crippen LogP contribution in [0, 0.1) is 29.6 Å². The molecule has 15 atom stereocenters. The number of para-hydroxylation sites is 1. The van der Waals surface area contributed by atoms with Gasteiger partial charge in [-0.1, -0.05) is 45.9 Å². The van der Waals surface area contributed by atoms with Crippen molar-refractivity contribution in [3.8, 4) is 0 Å². The second kappa shape index (κ2) is 17.1. The topological polar surface area (TPSA) is 162 Å². The Hall–Kier alpha value is -3.40. The lowest BCUT2D eigenvalue weighted by Gasteiger charge is -2.48. The first kappa shape index (κ1) is 43.2. The van der Waals surface area contributed by atoms with Crippen LogP contribution >= 0.6 is 0 Å². The Balaban J connectivity index is 1.55. The Morgan fingerprint density at radius 1 is 1.05 bits per heavy atom. The van der Waals surface area contributed by atoms with Gasteiger partial charge in [-0.25, -0.2) is 4.79 Å². The number of ketones is 1. The molecule has 1 aromatic carbocycles. The van der Waals surface area contributed by atoms with Gasteiger partial charge in [0, 0.05) is 48.0 Å². The van der Waals surface area contributed by atoms with Crippen LogP contribution in [0.25, 0.3) is 0 Å². The normalized spacial score (nSPS) is 42.5. The van der Waals surface area contributed by atoms with Crippen molar-refractivity contribution in [2.75, 3.05) is 39.2 Å². The van der Waals surface area contributed by atoms with E-state index in [4.69, 9.17) is 28.4 Å². The minimum absolute atomic E-state index is 0.0166. The summed E-state index contributed by atoms with van der Waals surface area (Å²) in [5.41, 5.74) is -1.50. The number of hydrogen-bond acceptors (Lipinski definition) is 12. The molecule has 316 valence electrons. The molecule has 0 aliphatic carbocycles. The third-order valence-electron chi connectivity index (χ3n) is 13.2. The van der Waals surface area contributed by atoms with Gasteiger partial charge >= 0.3 is 12.1 Å². The van der Waals surface area contributed by atoms with E-state index in [1.807, 2.05) is 71.8 Å². The number of aliphatic hydroxyl groups excluding tert-OH is 1. The van der Waals surface area contributed by atoms with E-state index in [1.54, 1.807) is 32.9 Å². The van der Waals surface area contributed by atoms with Crippen LogP contribution in [0.3, 0.4) is 0 Å². The van der Waals surface area contributed by atoms with Crippen LogP contribution in [0.4, 0.5) is 10.5 Å². The van der Waals surface area contributed by atoms with Gasteiger partial charge in [-0.15, -0.1) is 0 Å². The highest BCUT2D eigenvalue weighted by Crippen LogP contribution is 2.46. The number of carbonyl (C=O) groups is 4. The lowest BCUT2D eigenvalue weighted by molar-refractivity contribution is -0.302. The molecular formula is C43H63N3O11. The fraction of sp³-hybridized carbons (Fsp3) is 0.721. The van der Waals surface area contributed by atoms with Crippen LogP contribution in [0.1, 0.15) is 74.7 Å². The van der Waals surface area contributed by atoms with Crippen molar-refractivity contribution < 1.29 is 52.7 Å². The number of likely N-dealkylation sites (N-methyl/N-ethyl adjacent to an activating group) is 1. The zero-order valence-corrected chi connectivity index (χ0v) is 35.1. The Kier molecular flexibility index (Phi) is 12.9. The highest BCUT2D eigenvalue weighted by Gasteiger charge is 2.61. The number of ether oxygens (including phenoxy) is 6. The Labute approximate surface area is 336 Å². The summed E-state index contributed by atoms with van der Waals surface area (Å²) in [4.78, 5) is 60.6. The quantitative estimate of drug-likeness (QED) is 0.305. The molecule has 14 nitrogen and oxygen atoms in total. The molecule has 2 N–H and O–H groups in total. The molecule has 1 aromatic rings. The number of fused-ring (bicyclic) bond motifs is 5. The van der Waals surface area contributed by atoms with Crippen molar-refractivity contribution in [3.63, 3.8) is 0 Å². The maximum atomic E-state index is 14.8. The van der Waals surface area contributed by atoms with E-state index in [9.17, 15) is 24.3 Å². The van der Waals surface area contributed by atoms with E-state index >= 15 is 0 Å². The number of rotatable bonds is 6. The van der Waals surface area contributed by atoms with Crippen molar-refractivity contribution in [2.45, 2.75) is 135 Å². The monoisotopic (exact) mass is 797 g/mol. The van der Waals surface area contributed by atoms with Gasteiger partial charge in [0.15, 0.2) is 11.9 Å². The maximum absolute atomic E-state index is 14.8. The van der Waals surface area contributed by atoms with Crippen molar-refractivity contribution in [3.05, 3.63) is 42.0 Å². The molecule has 2 amide bonds. The van der Waals surface area contributed by atoms with Crippen LogP contribution in [-0.2, 0) is 42.8 Å². The van der Waals surface area contributed by atoms with Crippen molar-refractivity contribution >= 4 is 29.4 Å². The Morgan fingerprint density at radius 2 is 1.75 bits per heavy atom. The van der Waals surface area contributed by atoms with Crippen molar-refractivity contribution in [2.24, 2.45) is 29.6 Å². The number of Topliss-reactive ketones (excluding diaryl/α,β-unsaturated/α-hetero) is 1. The average Bonchev–Trinajstić information content (AvgIpc) is 3.43. The summed E-state index contributed by atoms with van der Waals surface area (Å²) < 4.78 is 39.7. The van der Waals surface area contributed by atoms with Crippen LogP contribution in [0.15, 0.2) is 42.0 Å². The number of aliphatic hydroxyl groups is 1. The number of amides is 2. The predicted octanol–water partition coefficient (Wildman–Crippen LogP) is 4.59. The van der Waals surface area contributed by atoms with E-state index in [2.05, 4.69) is 5.32 Å². The summed E-state index contributed by atoms with van der Waals surface area (Å²) in [6.07, 6.45) is -3.01. The van der Waals surface area contributed by atoms with Crippen LogP contribution in [0.2, 0.25) is 0 Å². The highest BCUT2D eigenvalue weighted by molar-refractivity contribution is 6.00. The van der Waals surface area contributed by atoms with Gasteiger partial charge in [0.25, 0.3) is 0 Å². The number of esters is 1. The molecule has 6 bridgehead atoms. The van der Waals surface area contributed by atoms with Crippen LogP contribution in [-0.4, -0.2) is 133 Å². The Morgan fingerprint density at radius 3 is 2.42 bits per heavy atom. The van der Waals surface area contributed by atoms with E-state index in [-0.39, 0.29) is 44.1 Å². The van der Waals surface area contributed by atoms with Crippen LogP contribution < -0.4 is 5.32 Å². The lowest BCUT2D eigenvalue weighted by Crippen LogP contribution is -2.61. The number of cyclic esters (lactones) is 1. The van der Waals surface area contributed by atoms with Gasteiger partial charge in [-0.2, -0.15) is 0 Å². The first-order valence-corrected chi connectivity index (χ1v) is 20.6. The molecule has 14 heteroatoms. The minimum atomic E-state index is -1.41. The highest BCUT2D eigenvalue weighted by atomic mass is 16.7. The summed E-state index contributed by atoms with van der Waals surface area (Å²) in [5.74, 6) is -4.51. The molecule has 0 aromatic heterocycles. The molecule has 5 saturated heterocycles. The van der Waals surface area contributed by atoms with E-state index in [0.29, 0.717) is 24.1 Å². The first-order chi connectivity index (χ1) is 26.9. The number of anilines is 1. The summed E-state index contributed by atoms with van der Waals surface area (Å²) in [5, 5.41) is 14.6. The predicted molar refractivity (Wildman–Crippen MR) is 210 cm³/mol. The molecule has 57 heavy (non-hydrogen) atoms. The largest absolute Gasteiger partial charge is 0.458 e. The number of benzene rings is 1. The third-order valence-corrected chi connectivity index (χ3v) is 13.2. The molecular weight excluding hydrogens is 734 g/mol. The van der Waals surface area contributed by atoms with Crippen molar-refractivity contribution in [1.82, 2.24) is 9.80 Å². The van der Waals surface area contributed by atoms with Gasteiger partial charge in [-0.05, 0) is 78.8 Å². The van der Waals surface area contributed by atoms with E-state index in [1.165, 1.54) is 11.0 Å². The van der Waals surface area contributed by atoms with Gasteiger partial charge in [0.1, 0.15) is 18.0 Å². The zero-order chi connectivity index (χ0) is 41.6. The van der Waals surface area contributed by atoms with Gasteiger partial charge < -0.3 is 43.7 Å². The average molecular weight is 798 g/mol. The fourth-order valence-corrected chi connectivity index (χ4v) is 10.2. The zero-order valence-electron chi connectivity index (χ0n) is 35.1. The lowest BCUT2D eigenvalue weighted by atomic mass is 9.72. The molecule has 5 heterocycles. The molecule has 5 aliphatic heterocycles. The Bertz CT molecular complexity index is 1670. The van der Waals surface area contributed by atoms with Gasteiger partial charge in [0.2, 0.25) is 5.91 Å². The summed E-state index contributed by atoms with van der Waals surface area (Å²) in [6.45, 7) is 14.7. The van der Waals surface area contributed by atoms with Crippen molar-refractivity contribution in [1.29, 1.82) is 0 Å². The number of nitrogens with one attached hydrogen (secondary N) is 1. The molecule has 3 unspecified atom stereocenters. The molecule has 0 radical (unpaired) electrons. The second-order valence-electron chi connectivity index (χ2n) is 17.7. The number of carbonyl (C=O) groups excluding carboxylic acids is 4. The molecule has 5 fully saturated rings. The van der Waals surface area contributed by atoms with E-state index < -0.39 is 95.5 Å². The minimum Gasteiger partial charge on any atom is -0.458 e. The smallest absolute Gasteiger partial charge is 0.411 e. The third kappa shape index (κ3) is 8.54. The molecule has 0 saturated carbocycles. The second-order valence-corrected chi connectivity index (χ2v) is 17.7. The molecule has 5 aliphatic rings. The maximum Gasteiger partial charge on any atom is 0.411 e. The standard InChI is InChI=1S/C43H63N3O11/c1-11-32-43(8)37-25(4)34(48)23(2)19-42(7)38(56-40-35(49)31(45(9)10)17-24(3)54-40)26(5)36(27(6)39(50)55-32)52-21-29(22-53-42)28(20-46(37)41(51)57-43)18-33(47)44-30-15-13-12-14-16-30/h12-16,18,23-27,29,31-32,35-38,40,49H,11,17,19-22H2,1-10H3,(H,44,47)/b28-18-/t23-,24-,25+,26+,27-,29?,31+,32-,35-,36+,37+,38-,40+,42?,43?/m1/s1. The fourth-order valence-electron chi connectivity index (χ4n) is 10.2. The number of hydrogen-bond donors (Lipinski definition) is 2.